The molecule has 2 rings (SSSR count). The zero-order valence-corrected chi connectivity index (χ0v) is 7.27. The van der Waals surface area contributed by atoms with E-state index in [0.717, 1.165) is 5.76 Å². The zero-order valence-electron chi connectivity index (χ0n) is 7.27. The highest BCUT2D eigenvalue weighted by molar-refractivity contribution is 5.09. The maximum atomic E-state index is 5.33. The molecule has 0 amide bonds. The summed E-state index contributed by atoms with van der Waals surface area (Å²) in [5.41, 5.74) is 0. The molecule has 2 heterocycles. The van der Waals surface area contributed by atoms with Crippen LogP contribution in [0.2, 0.25) is 0 Å². The highest BCUT2D eigenvalue weighted by Crippen LogP contribution is 2.27. The third kappa shape index (κ3) is 0.978. The van der Waals surface area contributed by atoms with Gasteiger partial charge < -0.3 is 14.2 Å². The van der Waals surface area contributed by atoms with Gasteiger partial charge in [0, 0.05) is 26.5 Å². The van der Waals surface area contributed by atoms with Crippen molar-refractivity contribution in [1.82, 2.24) is 9.80 Å². The summed E-state index contributed by atoms with van der Waals surface area (Å²) in [7, 11) is 4.07. The minimum Gasteiger partial charge on any atom is -0.465 e. The molecule has 0 spiro atoms. The van der Waals surface area contributed by atoms with Gasteiger partial charge in [-0.05, 0) is 12.1 Å². The van der Waals surface area contributed by atoms with Crippen LogP contribution in [0.25, 0.3) is 0 Å². The van der Waals surface area contributed by atoms with Gasteiger partial charge in [-0.3, -0.25) is 0 Å². The molecule has 0 saturated heterocycles. The first-order chi connectivity index (χ1) is 5.79. The fourth-order valence-corrected chi connectivity index (χ4v) is 1.50. The Morgan fingerprint density at radius 1 is 1.25 bits per heavy atom. The van der Waals surface area contributed by atoms with E-state index >= 15 is 0 Å². The van der Waals surface area contributed by atoms with E-state index in [9.17, 15) is 0 Å². The summed E-state index contributed by atoms with van der Waals surface area (Å²) in [6.45, 7) is 0. The molecule has 0 unspecified atom stereocenters. The van der Waals surface area contributed by atoms with Gasteiger partial charge in [-0.25, -0.2) is 0 Å². The lowest BCUT2D eigenvalue weighted by atomic mass is 10.3. The van der Waals surface area contributed by atoms with Gasteiger partial charge in [-0.1, -0.05) is 0 Å². The molecule has 1 aliphatic heterocycles. The van der Waals surface area contributed by atoms with E-state index in [-0.39, 0.29) is 6.17 Å². The first-order valence-corrected chi connectivity index (χ1v) is 3.94. The Labute approximate surface area is 71.9 Å². The van der Waals surface area contributed by atoms with Gasteiger partial charge in [0.15, 0.2) is 6.17 Å². The zero-order chi connectivity index (χ0) is 8.55. The van der Waals surface area contributed by atoms with E-state index in [0.29, 0.717) is 0 Å². The summed E-state index contributed by atoms with van der Waals surface area (Å²) in [6.07, 6.45) is 6.00. The van der Waals surface area contributed by atoms with Crippen LogP contribution in [-0.2, 0) is 0 Å². The van der Waals surface area contributed by atoms with Crippen molar-refractivity contribution in [2.45, 2.75) is 6.17 Å². The normalized spacial score (nSPS) is 17.8. The van der Waals surface area contributed by atoms with Crippen molar-refractivity contribution in [2.75, 3.05) is 14.1 Å². The van der Waals surface area contributed by atoms with E-state index < -0.39 is 0 Å². The summed E-state index contributed by atoms with van der Waals surface area (Å²) >= 11 is 0. The summed E-state index contributed by atoms with van der Waals surface area (Å²) in [6, 6.07) is 3.90. The molecule has 1 aromatic rings. The van der Waals surface area contributed by atoms with Crippen molar-refractivity contribution in [1.29, 1.82) is 0 Å². The van der Waals surface area contributed by atoms with Crippen LogP contribution in [0.15, 0.2) is 35.2 Å². The molecule has 0 aromatic carbocycles. The van der Waals surface area contributed by atoms with Crippen molar-refractivity contribution < 1.29 is 4.42 Å². The average molecular weight is 164 g/mol. The van der Waals surface area contributed by atoms with Crippen molar-refractivity contribution >= 4 is 0 Å². The van der Waals surface area contributed by atoms with Gasteiger partial charge >= 0.3 is 0 Å². The van der Waals surface area contributed by atoms with Crippen molar-refractivity contribution in [3.8, 4) is 0 Å². The first-order valence-electron chi connectivity index (χ1n) is 3.94. The fraction of sp³-hybridized carbons (Fsp3) is 0.333. The highest BCUT2D eigenvalue weighted by atomic mass is 16.3. The highest BCUT2D eigenvalue weighted by Gasteiger charge is 2.24. The second kappa shape index (κ2) is 2.59. The summed E-state index contributed by atoms with van der Waals surface area (Å²) in [4.78, 5) is 4.22. The molecule has 0 bridgehead atoms. The summed E-state index contributed by atoms with van der Waals surface area (Å²) in [5.74, 6) is 0.977. The van der Waals surface area contributed by atoms with E-state index in [4.69, 9.17) is 4.42 Å². The first kappa shape index (κ1) is 7.28. The molecule has 0 aliphatic carbocycles. The van der Waals surface area contributed by atoms with Crippen LogP contribution < -0.4 is 0 Å². The Hall–Kier alpha value is -1.38. The van der Waals surface area contributed by atoms with Gasteiger partial charge in [0.2, 0.25) is 0 Å². The van der Waals surface area contributed by atoms with E-state index in [1.54, 1.807) is 6.26 Å². The predicted octanol–water partition coefficient (Wildman–Crippen LogP) is 1.63. The molecule has 3 nitrogen and oxygen atoms in total. The standard InChI is InChI=1S/C9H12N2O/c1-10-5-6-11(2)9(10)8-4-3-7-12-8/h3-7,9H,1-2H3. The lowest BCUT2D eigenvalue weighted by molar-refractivity contribution is 0.176. The van der Waals surface area contributed by atoms with Crippen LogP contribution in [0.4, 0.5) is 0 Å². The van der Waals surface area contributed by atoms with Crippen molar-refractivity contribution in [3.63, 3.8) is 0 Å². The maximum absolute atomic E-state index is 5.33. The smallest absolute Gasteiger partial charge is 0.160 e. The molecule has 0 saturated carbocycles. The van der Waals surface area contributed by atoms with Gasteiger partial charge in [0.1, 0.15) is 5.76 Å². The van der Waals surface area contributed by atoms with Gasteiger partial charge in [0.25, 0.3) is 0 Å². The van der Waals surface area contributed by atoms with E-state index in [2.05, 4.69) is 9.80 Å². The lowest BCUT2D eigenvalue weighted by Gasteiger charge is -2.25. The van der Waals surface area contributed by atoms with E-state index in [1.807, 2.05) is 38.6 Å². The molecule has 0 atom stereocenters. The third-order valence-corrected chi connectivity index (χ3v) is 2.11. The van der Waals surface area contributed by atoms with Crippen LogP contribution >= 0.6 is 0 Å². The largest absolute Gasteiger partial charge is 0.465 e. The fourth-order valence-electron chi connectivity index (χ4n) is 1.50. The minimum atomic E-state index is 0.222. The SMILES string of the molecule is CN1C=CN(C)C1c1ccco1. The Balaban J connectivity index is 2.25. The lowest BCUT2D eigenvalue weighted by Crippen LogP contribution is -2.24. The van der Waals surface area contributed by atoms with Crippen molar-refractivity contribution in [3.05, 3.63) is 36.6 Å². The average Bonchev–Trinajstić information content (AvgIpc) is 2.61. The number of hydrogen-bond acceptors (Lipinski definition) is 3. The second-order valence-corrected chi connectivity index (χ2v) is 3.02. The van der Waals surface area contributed by atoms with Crippen molar-refractivity contribution in [2.24, 2.45) is 0 Å². The minimum absolute atomic E-state index is 0.222. The second-order valence-electron chi connectivity index (χ2n) is 3.02. The van der Waals surface area contributed by atoms with Gasteiger partial charge in [0.05, 0.1) is 6.26 Å². The maximum Gasteiger partial charge on any atom is 0.160 e. The molecule has 1 aliphatic rings. The van der Waals surface area contributed by atoms with Crippen LogP contribution in [0.3, 0.4) is 0 Å². The molecule has 0 N–H and O–H groups in total. The molecule has 0 radical (unpaired) electrons. The number of hydrogen-bond donors (Lipinski definition) is 0. The van der Waals surface area contributed by atoms with Crippen LogP contribution in [0.1, 0.15) is 11.9 Å². The number of rotatable bonds is 1. The monoisotopic (exact) mass is 164 g/mol. The molecule has 3 heteroatoms. The van der Waals surface area contributed by atoms with Crippen LogP contribution in [0.5, 0.6) is 0 Å². The molecule has 0 fully saturated rings. The van der Waals surface area contributed by atoms with Crippen LogP contribution in [-0.4, -0.2) is 23.9 Å². The molecule has 12 heavy (non-hydrogen) atoms. The Bertz CT molecular complexity index is 267. The Morgan fingerprint density at radius 3 is 2.42 bits per heavy atom. The number of nitrogens with zero attached hydrogens (tertiary/aromatic N) is 2. The van der Waals surface area contributed by atoms with Crippen LogP contribution in [0, 0.1) is 0 Å². The molecular formula is C9H12N2O. The summed E-state index contributed by atoms with van der Waals surface area (Å²) < 4.78 is 5.33. The van der Waals surface area contributed by atoms with Gasteiger partial charge in [-0.2, -0.15) is 0 Å². The Kier molecular flexibility index (Phi) is 1.57. The quantitative estimate of drug-likeness (QED) is 0.629. The Morgan fingerprint density at radius 2 is 1.92 bits per heavy atom. The topological polar surface area (TPSA) is 19.6 Å². The molecule has 64 valence electrons. The van der Waals surface area contributed by atoms with E-state index in [1.165, 1.54) is 0 Å². The third-order valence-electron chi connectivity index (χ3n) is 2.11. The molecule has 1 aromatic heterocycles. The predicted molar refractivity (Wildman–Crippen MR) is 46.1 cm³/mol. The molecular weight excluding hydrogens is 152 g/mol. The number of furan rings is 1. The van der Waals surface area contributed by atoms with Gasteiger partial charge in [-0.15, -0.1) is 0 Å². The summed E-state index contributed by atoms with van der Waals surface area (Å²) in [5, 5.41) is 0.